The normalized spacial score (nSPS) is 13.5. The summed E-state index contributed by atoms with van der Waals surface area (Å²) in [4.78, 5) is 29.8. The predicted octanol–water partition coefficient (Wildman–Crippen LogP) is 2.00. The highest BCUT2D eigenvalue weighted by Crippen LogP contribution is 2.36. The Morgan fingerprint density at radius 2 is 2.15 bits per heavy atom. The lowest BCUT2D eigenvalue weighted by atomic mass is 10.3. The van der Waals surface area contributed by atoms with Crippen molar-refractivity contribution >= 4 is 17.4 Å². The van der Waals surface area contributed by atoms with E-state index >= 15 is 0 Å². The molecule has 1 aliphatic carbocycles. The lowest BCUT2D eigenvalue weighted by Gasteiger charge is -2.06. The summed E-state index contributed by atoms with van der Waals surface area (Å²) in [5.41, 5.74) is 0.680. The molecule has 0 aromatic carbocycles. The van der Waals surface area contributed by atoms with Gasteiger partial charge in [-0.3, -0.25) is 9.55 Å². The number of nitrogens with zero attached hydrogens (tertiary/aromatic N) is 4. The van der Waals surface area contributed by atoms with Gasteiger partial charge in [-0.1, -0.05) is 6.07 Å². The van der Waals surface area contributed by atoms with E-state index in [1.54, 1.807) is 28.3 Å². The van der Waals surface area contributed by atoms with Crippen molar-refractivity contribution in [2.75, 3.05) is 6.54 Å². The summed E-state index contributed by atoms with van der Waals surface area (Å²) in [5.74, 6) is 0.637. The second kappa shape index (κ2) is 7.75. The molecule has 9 heteroatoms. The third kappa shape index (κ3) is 4.08. The highest BCUT2D eigenvalue weighted by Gasteiger charge is 2.30. The number of hydrogen-bond acceptors (Lipinski definition) is 5. The molecule has 2 amide bonds. The van der Waals surface area contributed by atoms with Gasteiger partial charge in [0.2, 0.25) is 0 Å². The van der Waals surface area contributed by atoms with Gasteiger partial charge in [-0.05, 0) is 36.4 Å². The number of hydrogen-bond donors (Lipinski definition) is 2. The van der Waals surface area contributed by atoms with E-state index < -0.39 is 0 Å². The monoisotopic (exact) mass is 384 g/mol. The third-order valence-electron chi connectivity index (χ3n) is 4.31. The van der Waals surface area contributed by atoms with Crippen molar-refractivity contribution in [1.82, 2.24) is 30.0 Å². The van der Waals surface area contributed by atoms with E-state index in [0.29, 0.717) is 25.5 Å². The largest absolute Gasteiger partial charge is 0.346 e. The van der Waals surface area contributed by atoms with E-state index in [2.05, 4.69) is 20.7 Å². The van der Waals surface area contributed by atoms with Gasteiger partial charge in [0.05, 0.1) is 13.1 Å². The second-order valence-corrected chi connectivity index (χ2v) is 7.39. The quantitative estimate of drug-likeness (QED) is 0.651. The van der Waals surface area contributed by atoms with Gasteiger partial charge in [0.15, 0.2) is 5.82 Å². The molecule has 8 nitrogen and oxygen atoms in total. The van der Waals surface area contributed by atoms with E-state index in [4.69, 9.17) is 0 Å². The molecule has 1 aliphatic rings. The van der Waals surface area contributed by atoms with E-state index in [9.17, 15) is 9.59 Å². The molecule has 1 saturated carbocycles. The summed E-state index contributed by atoms with van der Waals surface area (Å²) in [6.07, 6.45) is 5.38. The number of pyridine rings is 1. The van der Waals surface area contributed by atoms with Crippen LogP contribution in [0.2, 0.25) is 0 Å². The maximum Gasteiger partial charge on any atom is 0.346 e. The first-order valence-corrected chi connectivity index (χ1v) is 9.74. The zero-order chi connectivity index (χ0) is 18.6. The third-order valence-corrected chi connectivity index (χ3v) is 5.19. The van der Waals surface area contributed by atoms with Gasteiger partial charge >= 0.3 is 11.7 Å². The summed E-state index contributed by atoms with van der Waals surface area (Å²) in [6.45, 7) is 1.13. The van der Waals surface area contributed by atoms with Crippen LogP contribution in [-0.4, -0.2) is 31.9 Å². The summed E-state index contributed by atoms with van der Waals surface area (Å²) in [6, 6.07) is 7.59. The molecule has 4 rings (SSSR count). The molecule has 2 N–H and O–H groups in total. The van der Waals surface area contributed by atoms with Crippen LogP contribution in [0, 0.1) is 0 Å². The molecule has 1 fully saturated rings. The number of amides is 2. The number of carbonyl (C=O) groups is 1. The van der Waals surface area contributed by atoms with Gasteiger partial charge < -0.3 is 10.6 Å². The number of thiophene rings is 1. The zero-order valence-electron chi connectivity index (χ0n) is 14.7. The van der Waals surface area contributed by atoms with Gasteiger partial charge in [0.1, 0.15) is 0 Å². The SMILES string of the molecule is O=C(NCCn1nc(-c2cccnc2)n(C2CC2)c1=O)NCc1cccs1. The van der Waals surface area contributed by atoms with Gasteiger partial charge in [0, 0.05) is 35.4 Å². The fraction of sp³-hybridized carbons (Fsp3) is 0.333. The minimum absolute atomic E-state index is 0.142. The van der Waals surface area contributed by atoms with Crippen LogP contribution in [0.1, 0.15) is 23.8 Å². The highest BCUT2D eigenvalue weighted by atomic mass is 32.1. The van der Waals surface area contributed by atoms with Crippen molar-refractivity contribution in [2.45, 2.75) is 32.0 Å². The van der Waals surface area contributed by atoms with Crippen LogP contribution in [0.25, 0.3) is 11.4 Å². The molecular weight excluding hydrogens is 364 g/mol. The van der Waals surface area contributed by atoms with Crippen LogP contribution in [0.4, 0.5) is 4.79 Å². The summed E-state index contributed by atoms with van der Waals surface area (Å²) >= 11 is 1.59. The Labute approximate surface area is 159 Å². The van der Waals surface area contributed by atoms with Crippen LogP contribution < -0.4 is 16.3 Å². The molecule has 0 saturated heterocycles. The van der Waals surface area contributed by atoms with Crippen LogP contribution >= 0.6 is 11.3 Å². The van der Waals surface area contributed by atoms with E-state index in [-0.39, 0.29) is 17.8 Å². The maximum absolute atomic E-state index is 12.7. The topological polar surface area (TPSA) is 93.8 Å². The molecule has 3 heterocycles. The molecule has 3 aromatic heterocycles. The van der Waals surface area contributed by atoms with E-state index in [1.165, 1.54) is 4.68 Å². The smallest absolute Gasteiger partial charge is 0.336 e. The molecule has 27 heavy (non-hydrogen) atoms. The number of aromatic nitrogens is 4. The highest BCUT2D eigenvalue weighted by molar-refractivity contribution is 7.09. The first-order valence-electron chi connectivity index (χ1n) is 8.86. The summed E-state index contributed by atoms with van der Waals surface area (Å²) < 4.78 is 3.16. The minimum Gasteiger partial charge on any atom is -0.336 e. The van der Waals surface area contributed by atoms with Crippen LogP contribution in [0.5, 0.6) is 0 Å². The Balaban J connectivity index is 1.39. The molecule has 3 aromatic rings. The molecule has 0 atom stereocenters. The molecule has 0 unspecified atom stereocenters. The Hall–Kier alpha value is -2.94. The molecule has 140 valence electrons. The average Bonchev–Trinajstić information content (AvgIpc) is 3.27. The van der Waals surface area contributed by atoms with Crippen molar-refractivity contribution < 1.29 is 4.79 Å². The van der Waals surface area contributed by atoms with Crippen molar-refractivity contribution in [2.24, 2.45) is 0 Å². The van der Waals surface area contributed by atoms with Crippen molar-refractivity contribution in [3.8, 4) is 11.4 Å². The van der Waals surface area contributed by atoms with Crippen LogP contribution in [0.3, 0.4) is 0 Å². The van der Waals surface area contributed by atoms with E-state index in [0.717, 1.165) is 23.3 Å². The first kappa shape index (κ1) is 17.5. The standard InChI is InChI=1S/C18H20N6O2S/c25-17(21-12-15-4-2-10-27-15)20-8-9-23-18(26)24(14-5-6-14)16(22-23)13-3-1-7-19-11-13/h1-4,7,10-11,14H,5-6,8-9,12H2,(H2,20,21,25). The molecule has 0 spiro atoms. The Morgan fingerprint density at radius 1 is 1.26 bits per heavy atom. The number of rotatable bonds is 7. The predicted molar refractivity (Wildman–Crippen MR) is 103 cm³/mol. The Bertz CT molecular complexity index is 960. The van der Waals surface area contributed by atoms with Crippen molar-refractivity contribution in [3.05, 3.63) is 57.4 Å². The van der Waals surface area contributed by atoms with Crippen molar-refractivity contribution in [1.29, 1.82) is 0 Å². The number of nitrogens with one attached hydrogen (secondary N) is 2. The molecular formula is C18H20N6O2S. The fourth-order valence-electron chi connectivity index (χ4n) is 2.84. The van der Waals surface area contributed by atoms with Crippen LogP contribution in [-0.2, 0) is 13.1 Å². The minimum atomic E-state index is -0.259. The lowest BCUT2D eigenvalue weighted by Crippen LogP contribution is -2.38. The molecule has 0 radical (unpaired) electrons. The van der Waals surface area contributed by atoms with Gasteiger partial charge in [-0.15, -0.1) is 16.4 Å². The Morgan fingerprint density at radius 3 is 2.85 bits per heavy atom. The van der Waals surface area contributed by atoms with E-state index in [1.807, 2.05) is 29.6 Å². The molecule has 0 bridgehead atoms. The average molecular weight is 384 g/mol. The van der Waals surface area contributed by atoms with Gasteiger partial charge in [-0.2, -0.15) is 0 Å². The van der Waals surface area contributed by atoms with Crippen molar-refractivity contribution in [3.63, 3.8) is 0 Å². The van der Waals surface area contributed by atoms with Gasteiger partial charge in [-0.25, -0.2) is 14.3 Å². The lowest BCUT2D eigenvalue weighted by molar-refractivity contribution is 0.240. The molecule has 0 aliphatic heterocycles. The summed E-state index contributed by atoms with van der Waals surface area (Å²) in [5, 5.41) is 12.0. The zero-order valence-corrected chi connectivity index (χ0v) is 15.5. The first-order chi connectivity index (χ1) is 13.2. The number of carbonyl (C=O) groups excluding carboxylic acids is 1. The van der Waals surface area contributed by atoms with Crippen LogP contribution in [0.15, 0.2) is 46.8 Å². The van der Waals surface area contributed by atoms with Gasteiger partial charge in [0.25, 0.3) is 0 Å². The fourth-order valence-corrected chi connectivity index (χ4v) is 3.48. The second-order valence-electron chi connectivity index (χ2n) is 6.36. The number of urea groups is 1. The Kier molecular flexibility index (Phi) is 5.01. The maximum atomic E-state index is 12.7. The summed E-state index contributed by atoms with van der Waals surface area (Å²) in [7, 11) is 0.